The highest BCUT2D eigenvalue weighted by atomic mass is 79.9. The fourth-order valence-corrected chi connectivity index (χ4v) is 4.45. The van der Waals surface area contributed by atoms with Crippen LogP contribution in [0.15, 0.2) is 69.1 Å². The summed E-state index contributed by atoms with van der Waals surface area (Å²) >= 11 is 6.88. The minimum atomic E-state index is -0.862. The zero-order chi connectivity index (χ0) is 26.1. The second kappa shape index (κ2) is 10.3. The van der Waals surface area contributed by atoms with E-state index in [0.29, 0.717) is 39.6 Å². The Hall–Kier alpha value is -3.83. The van der Waals surface area contributed by atoms with Gasteiger partial charge in [0.15, 0.2) is 23.0 Å². The Morgan fingerprint density at radius 1 is 0.973 bits per heavy atom. The normalized spacial score (nSPS) is 15.7. The first-order valence-electron chi connectivity index (χ1n) is 10.9. The maximum atomic E-state index is 13.3. The third-order valence-electron chi connectivity index (χ3n) is 5.61. The van der Waals surface area contributed by atoms with E-state index in [1.807, 2.05) is 24.3 Å². The van der Waals surface area contributed by atoms with Gasteiger partial charge in [-0.05, 0) is 53.6 Å². The number of methoxy groups -OCH3 is 1. The standard InChI is InChI=1S/C26H18Br2N2O7/c1-34-21-9-15(19(28)11-23(21)35-12-14-2-4-16(27)5-3-14)8-18-24(31)29-26(33)30(25(18)32)17-6-7-20-22(10-17)37-13-36-20/h2-11H,12-13H2,1H3,(H,29,31,33)/b18-8+. The fourth-order valence-electron chi connectivity index (χ4n) is 3.75. The SMILES string of the molecule is COc1cc(/C=C2\C(=O)NC(=O)N(c3ccc4c(c3)OCO4)C2=O)c(Br)cc1OCc1ccc(Br)cc1. The van der Waals surface area contributed by atoms with E-state index >= 15 is 0 Å². The molecule has 37 heavy (non-hydrogen) atoms. The Balaban J connectivity index is 1.43. The largest absolute Gasteiger partial charge is 0.493 e. The summed E-state index contributed by atoms with van der Waals surface area (Å²) in [5.74, 6) is 0.170. The lowest BCUT2D eigenvalue weighted by molar-refractivity contribution is -0.122. The van der Waals surface area contributed by atoms with Gasteiger partial charge in [-0.1, -0.05) is 44.0 Å². The van der Waals surface area contributed by atoms with Crippen molar-refractivity contribution in [2.45, 2.75) is 6.61 Å². The highest BCUT2D eigenvalue weighted by Crippen LogP contribution is 2.38. The summed E-state index contributed by atoms with van der Waals surface area (Å²) < 4.78 is 23.6. The molecule has 4 amide bonds. The number of hydrogen-bond acceptors (Lipinski definition) is 7. The molecule has 3 aromatic rings. The van der Waals surface area contributed by atoms with Gasteiger partial charge < -0.3 is 18.9 Å². The highest BCUT2D eigenvalue weighted by Gasteiger charge is 2.37. The van der Waals surface area contributed by atoms with Crippen LogP contribution < -0.4 is 29.2 Å². The Morgan fingerprint density at radius 2 is 1.73 bits per heavy atom. The van der Waals surface area contributed by atoms with Crippen molar-refractivity contribution >= 4 is 61.5 Å². The Labute approximate surface area is 228 Å². The summed E-state index contributed by atoms with van der Waals surface area (Å²) in [5, 5.41) is 2.21. The van der Waals surface area contributed by atoms with Gasteiger partial charge >= 0.3 is 6.03 Å². The van der Waals surface area contributed by atoms with Crippen molar-refractivity contribution in [1.82, 2.24) is 5.32 Å². The second-order valence-electron chi connectivity index (χ2n) is 7.94. The number of imide groups is 2. The van der Waals surface area contributed by atoms with Crippen LogP contribution in [0.2, 0.25) is 0 Å². The highest BCUT2D eigenvalue weighted by molar-refractivity contribution is 9.10. The molecule has 11 heteroatoms. The van der Waals surface area contributed by atoms with Crippen molar-refractivity contribution in [2.24, 2.45) is 0 Å². The van der Waals surface area contributed by atoms with Gasteiger partial charge in [0.25, 0.3) is 11.8 Å². The number of anilines is 1. The molecule has 0 atom stereocenters. The van der Waals surface area contributed by atoms with Gasteiger partial charge in [-0.15, -0.1) is 0 Å². The summed E-state index contributed by atoms with van der Waals surface area (Å²) in [5.41, 5.74) is 1.44. The second-order valence-corrected chi connectivity index (χ2v) is 9.71. The van der Waals surface area contributed by atoms with Gasteiger partial charge in [-0.25, -0.2) is 9.69 Å². The van der Waals surface area contributed by atoms with E-state index < -0.39 is 17.8 Å². The minimum Gasteiger partial charge on any atom is -0.493 e. The van der Waals surface area contributed by atoms with E-state index in [2.05, 4.69) is 37.2 Å². The number of carbonyl (C=O) groups is 3. The van der Waals surface area contributed by atoms with Gasteiger partial charge in [0.05, 0.1) is 12.8 Å². The summed E-state index contributed by atoms with van der Waals surface area (Å²) in [6, 6.07) is 14.8. The fraction of sp³-hybridized carbons (Fsp3) is 0.115. The molecule has 0 aliphatic carbocycles. The van der Waals surface area contributed by atoms with Gasteiger partial charge in [0.1, 0.15) is 12.2 Å². The number of barbiturate groups is 1. The molecular weight excluding hydrogens is 612 g/mol. The molecule has 188 valence electrons. The van der Waals surface area contributed by atoms with Crippen LogP contribution in [0.25, 0.3) is 6.08 Å². The Bertz CT molecular complexity index is 1450. The number of nitrogens with zero attached hydrogens (tertiary/aromatic N) is 1. The van der Waals surface area contributed by atoms with Crippen molar-refractivity contribution < 1.29 is 33.3 Å². The maximum Gasteiger partial charge on any atom is 0.335 e. The van der Waals surface area contributed by atoms with Crippen molar-refractivity contribution in [3.8, 4) is 23.0 Å². The van der Waals surface area contributed by atoms with Crippen molar-refractivity contribution in [1.29, 1.82) is 0 Å². The van der Waals surface area contributed by atoms with Crippen LogP contribution in [0.5, 0.6) is 23.0 Å². The molecule has 0 aromatic heterocycles. The van der Waals surface area contributed by atoms with Crippen LogP contribution in [0.3, 0.4) is 0 Å². The van der Waals surface area contributed by atoms with Gasteiger partial charge in [0.2, 0.25) is 6.79 Å². The average Bonchev–Trinajstić information content (AvgIpc) is 3.35. The van der Waals surface area contributed by atoms with Gasteiger partial charge in [-0.2, -0.15) is 0 Å². The van der Waals surface area contributed by atoms with Crippen LogP contribution in [0.4, 0.5) is 10.5 Å². The molecule has 0 saturated carbocycles. The van der Waals surface area contributed by atoms with Crippen LogP contribution >= 0.6 is 31.9 Å². The molecule has 0 bridgehead atoms. The Kier molecular flexibility index (Phi) is 6.90. The summed E-state index contributed by atoms with van der Waals surface area (Å²) in [6.45, 7) is 0.352. The van der Waals surface area contributed by atoms with E-state index in [-0.39, 0.29) is 18.1 Å². The predicted molar refractivity (Wildman–Crippen MR) is 141 cm³/mol. The summed E-state index contributed by atoms with van der Waals surface area (Å²) in [7, 11) is 1.49. The average molecular weight is 630 g/mol. The third-order valence-corrected chi connectivity index (χ3v) is 6.82. The third kappa shape index (κ3) is 5.05. The smallest absolute Gasteiger partial charge is 0.335 e. The number of fused-ring (bicyclic) bond motifs is 1. The van der Waals surface area contributed by atoms with Crippen LogP contribution in [-0.4, -0.2) is 31.7 Å². The number of hydrogen-bond donors (Lipinski definition) is 1. The van der Waals surface area contributed by atoms with Crippen molar-refractivity contribution in [3.05, 3.63) is 80.2 Å². The summed E-state index contributed by atoms with van der Waals surface area (Å²) in [4.78, 5) is 39.4. The van der Waals surface area contributed by atoms with Gasteiger partial charge in [-0.3, -0.25) is 14.9 Å². The zero-order valence-corrected chi connectivity index (χ0v) is 22.4. The molecule has 0 unspecified atom stereocenters. The zero-order valence-electron chi connectivity index (χ0n) is 19.2. The molecular formula is C26H18Br2N2O7. The number of rotatable bonds is 6. The molecule has 0 radical (unpaired) electrons. The van der Waals surface area contributed by atoms with Gasteiger partial charge in [0, 0.05) is 15.0 Å². The van der Waals surface area contributed by atoms with E-state index in [9.17, 15) is 14.4 Å². The summed E-state index contributed by atoms with van der Waals surface area (Å²) in [6.07, 6.45) is 1.38. The molecule has 1 fully saturated rings. The monoisotopic (exact) mass is 628 g/mol. The molecule has 5 rings (SSSR count). The van der Waals surface area contributed by atoms with Crippen LogP contribution in [0.1, 0.15) is 11.1 Å². The lowest BCUT2D eigenvalue weighted by Gasteiger charge is -2.26. The minimum absolute atomic E-state index is 0.0429. The van der Waals surface area contributed by atoms with Crippen LogP contribution in [-0.2, 0) is 16.2 Å². The number of halogens is 2. The van der Waals surface area contributed by atoms with E-state index in [1.54, 1.807) is 18.2 Å². The Morgan fingerprint density at radius 3 is 2.49 bits per heavy atom. The lowest BCUT2D eigenvalue weighted by Crippen LogP contribution is -2.54. The predicted octanol–water partition coefficient (Wildman–Crippen LogP) is 5.19. The molecule has 2 aliphatic rings. The number of amides is 4. The number of urea groups is 1. The number of carbonyl (C=O) groups excluding carboxylic acids is 3. The molecule has 1 saturated heterocycles. The molecule has 2 heterocycles. The molecule has 3 aromatic carbocycles. The first-order valence-corrected chi connectivity index (χ1v) is 12.5. The maximum absolute atomic E-state index is 13.3. The molecule has 9 nitrogen and oxygen atoms in total. The number of ether oxygens (including phenoxy) is 4. The van der Waals surface area contributed by atoms with E-state index in [1.165, 1.54) is 25.3 Å². The van der Waals surface area contributed by atoms with E-state index in [4.69, 9.17) is 18.9 Å². The lowest BCUT2D eigenvalue weighted by atomic mass is 10.1. The first kappa shape index (κ1) is 24.8. The molecule has 0 spiro atoms. The molecule has 2 aliphatic heterocycles. The topological polar surface area (TPSA) is 103 Å². The quantitative estimate of drug-likeness (QED) is 0.295. The number of nitrogens with one attached hydrogen (secondary N) is 1. The first-order chi connectivity index (χ1) is 17.8. The van der Waals surface area contributed by atoms with Crippen LogP contribution in [0, 0.1) is 0 Å². The number of benzene rings is 3. The van der Waals surface area contributed by atoms with Crippen molar-refractivity contribution in [2.75, 3.05) is 18.8 Å². The van der Waals surface area contributed by atoms with Crippen molar-refractivity contribution in [3.63, 3.8) is 0 Å². The van der Waals surface area contributed by atoms with E-state index in [0.717, 1.165) is 14.9 Å². The molecule has 1 N–H and O–H groups in total.